The van der Waals surface area contributed by atoms with Crippen molar-refractivity contribution in [2.75, 3.05) is 0 Å². The number of benzene rings is 1. The summed E-state index contributed by atoms with van der Waals surface area (Å²) >= 11 is 0. The molecule has 1 aromatic carbocycles. The Morgan fingerprint density at radius 3 is 2.91 bits per heavy atom. The van der Waals surface area contributed by atoms with Gasteiger partial charge in [0.15, 0.2) is 5.82 Å². The first kappa shape index (κ1) is 22.5. The summed E-state index contributed by atoms with van der Waals surface area (Å²) in [7, 11) is 0. The Balaban J connectivity index is 1.61. The van der Waals surface area contributed by atoms with Gasteiger partial charge in [0.25, 0.3) is 0 Å². The third kappa shape index (κ3) is 4.71. The first-order valence-electron chi connectivity index (χ1n) is 12.0. The molecule has 0 saturated carbocycles. The van der Waals surface area contributed by atoms with Gasteiger partial charge in [-0.3, -0.25) is 5.10 Å². The van der Waals surface area contributed by atoms with E-state index in [2.05, 4.69) is 118 Å². The highest BCUT2D eigenvalue weighted by Gasteiger charge is 2.22. The number of H-pyrrole nitrogens is 2. The Labute approximate surface area is 205 Å². The molecule has 0 bridgehead atoms. The zero-order valence-electron chi connectivity index (χ0n) is 20.2. The second-order valence-corrected chi connectivity index (χ2v) is 8.91. The maximum absolute atomic E-state index is 4.25. The van der Waals surface area contributed by atoms with Crippen LogP contribution in [0.3, 0.4) is 0 Å². The Morgan fingerprint density at radius 2 is 2.14 bits per heavy atom. The van der Waals surface area contributed by atoms with E-state index in [-0.39, 0.29) is 5.92 Å². The van der Waals surface area contributed by atoms with Crippen LogP contribution in [0.15, 0.2) is 71.5 Å². The number of rotatable bonds is 6. The largest absolute Gasteiger partial charge is 0.281 e. The Kier molecular flexibility index (Phi) is 6.40. The van der Waals surface area contributed by atoms with Gasteiger partial charge in [0.2, 0.25) is 0 Å². The fraction of sp³-hybridized carbons (Fsp3) is 0.241. The van der Waals surface area contributed by atoms with Crippen molar-refractivity contribution in [1.29, 1.82) is 0 Å². The quantitative estimate of drug-likeness (QED) is 0.476. The monoisotopic (exact) mass is 460 g/mol. The van der Waals surface area contributed by atoms with Crippen molar-refractivity contribution >= 4 is 17.7 Å². The van der Waals surface area contributed by atoms with E-state index in [4.69, 9.17) is 0 Å². The van der Waals surface area contributed by atoms with Gasteiger partial charge in [0.05, 0.1) is 18.3 Å². The van der Waals surface area contributed by atoms with Crippen LogP contribution in [0, 0.1) is 30.6 Å². The molecule has 2 aliphatic carbocycles. The van der Waals surface area contributed by atoms with E-state index in [0.717, 1.165) is 23.3 Å². The van der Waals surface area contributed by atoms with Crippen molar-refractivity contribution < 1.29 is 0 Å². The van der Waals surface area contributed by atoms with E-state index in [1.807, 2.05) is 12.3 Å². The predicted molar refractivity (Wildman–Crippen MR) is 140 cm³/mol. The fourth-order valence-corrected chi connectivity index (χ4v) is 4.73. The number of fused-ring (bicyclic) bond motifs is 1. The Morgan fingerprint density at radius 1 is 1.26 bits per heavy atom. The lowest BCUT2D eigenvalue weighted by atomic mass is 9.80. The molecule has 0 amide bonds. The average molecular weight is 461 g/mol. The molecule has 5 rings (SSSR count). The molecule has 0 saturated heterocycles. The summed E-state index contributed by atoms with van der Waals surface area (Å²) in [5.74, 6) is 7.96. The predicted octanol–water partition coefficient (Wildman–Crippen LogP) is 5.50. The molecule has 0 fully saturated rings. The minimum atomic E-state index is 0.247. The number of aromatic amines is 2. The summed E-state index contributed by atoms with van der Waals surface area (Å²) < 4.78 is 0. The van der Waals surface area contributed by atoms with Crippen molar-refractivity contribution in [3.8, 4) is 11.8 Å². The van der Waals surface area contributed by atoms with Crippen molar-refractivity contribution in [3.63, 3.8) is 0 Å². The van der Waals surface area contributed by atoms with Gasteiger partial charge in [-0.25, -0.2) is 0 Å². The van der Waals surface area contributed by atoms with E-state index >= 15 is 0 Å². The highest BCUT2D eigenvalue weighted by molar-refractivity contribution is 5.85. The number of allylic oxidation sites excluding steroid dienone is 8. The first-order chi connectivity index (χ1) is 17.1. The molecular formula is C29H28N6. The second kappa shape index (κ2) is 9.94. The molecule has 2 atom stereocenters. The number of aryl methyl sites for hydroxylation is 1. The van der Waals surface area contributed by atoms with Crippen LogP contribution in [0.1, 0.15) is 48.5 Å². The average Bonchev–Trinajstić information content (AvgIpc) is 3.50. The maximum Gasteiger partial charge on any atom is 0.197 e. The Hall–Kier alpha value is -4.24. The van der Waals surface area contributed by atoms with Gasteiger partial charge in [-0.1, -0.05) is 74.3 Å². The van der Waals surface area contributed by atoms with Crippen LogP contribution in [0.25, 0.3) is 17.7 Å². The molecule has 0 aliphatic heterocycles. The third-order valence-corrected chi connectivity index (χ3v) is 6.60. The van der Waals surface area contributed by atoms with Gasteiger partial charge < -0.3 is 0 Å². The maximum atomic E-state index is 4.25. The molecular weight excluding hydrogens is 432 g/mol. The molecule has 174 valence electrons. The topological polar surface area (TPSA) is 83.1 Å². The van der Waals surface area contributed by atoms with Crippen molar-refractivity contribution in [2.24, 2.45) is 11.8 Å². The van der Waals surface area contributed by atoms with E-state index in [9.17, 15) is 0 Å². The van der Waals surface area contributed by atoms with Crippen LogP contribution in [0.2, 0.25) is 0 Å². The zero-order chi connectivity index (χ0) is 24.2. The van der Waals surface area contributed by atoms with Crippen molar-refractivity contribution in [1.82, 2.24) is 30.8 Å². The van der Waals surface area contributed by atoms with E-state index < -0.39 is 0 Å². The number of tetrazole rings is 1. The number of hydrogen-bond acceptors (Lipinski definition) is 4. The van der Waals surface area contributed by atoms with Gasteiger partial charge in [0.1, 0.15) is 0 Å². The van der Waals surface area contributed by atoms with E-state index in [1.165, 1.54) is 27.8 Å². The SMILES string of the molecule is CC/C(=C(\C1=Cc2cn[nH]c2CC#C1)C1=CC(C)C(/C=C/c2nn[nH]n2)C=C1)c1ccccc1C. The van der Waals surface area contributed by atoms with Gasteiger partial charge in [-0.05, 0) is 58.9 Å². The first-order valence-corrected chi connectivity index (χ1v) is 12.0. The van der Waals surface area contributed by atoms with Crippen LogP contribution in [0.5, 0.6) is 0 Å². The third-order valence-electron chi connectivity index (χ3n) is 6.60. The van der Waals surface area contributed by atoms with Crippen LogP contribution >= 0.6 is 0 Å². The molecule has 0 spiro atoms. The van der Waals surface area contributed by atoms with Crippen LogP contribution in [0.4, 0.5) is 0 Å². The molecule has 2 aliphatic rings. The lowest BCUT2D eigenvalue weighted by Crippen LogP contribution is -2.11. The summed E-state index contributed by atoms with van der Waals surface area (Å²) in [5.41, 5.74) is 9.43. The zero-order valence-corrected chi connectivity index (χ0v) is 20.2. The van der Waals surface area contributed by atoms with E-state index in [1.54, 1.807) is 0 Å². The number of hydrogen-bond donors (Lipinski definition) is 2. The van der Waals surface area contributed by atoms with Gasteiger partial charge in [-0.15, -0.1) is 10.2 Å². The molecule has 6 nitrogen and oxygen atoms in total. The molecule has 3 aromatic rings. The molecule has 2 aromatic heterocycles. The highest BCUT2D eigenvalue weighted by atomic mass is 15.5. The van der Waals surface area contributed by atoms with Gasteiger partial charge >= 0.3 is 0 Å². The Bertz CT molecular complexity index is 1430. The van der Waals surface area contributed by atoms with Crippen LogP contribution in [-0.4, -0.2) is 30.8 Å². The lowest BCUT2D eigenvalue weighted by Gasteiger charge is -2.24. The second-order valence-electron chi connectivity index (χ2n) is 8.91. The standard InChI is InChI=1S/C29H28N6/c1-4-25(26-10-6-5-8-19(26)2)29(22-9-7-11-27-24(17-22)18-30-31-27)23-13-12-21(20(3)16-23)14-15-28-32-34-35-33-28/h5-6,8,10,12-18,20-21H,4,11H2,1-3H3,(H,30,31)(H,32,33,34,35)/b15-14+,29-25-. The smallest absolute Gasteiger partial charge is 0.197 e. The normalized spacial score (nSPS) is 19.9. The fourth-order valence-electron chi connectivity index (χ4n) is 4.73. The summed E-state index contributed by atoms with van der Waals surface area (Å²) in [6.45, 7) is 6.65. The summed E-state index contributed by atoms with van der Waals surface area (Å²) in [5, 5.41) is 21.5. The highest BCUT2D eigenvalue weighted by Crippen LogP contribution is 2.38. The molecule has 2 heterocycles. The number of aromatic nitrogens is 6. The van der Waals surface area contributed by atoms with Crippen LogP contribution in [-0.2, 0) is 6.42 Å². The van der Waals surface area contributed by atoms with Crippen molar-refractivity contribution in [3.05, 3.63) is 99.7 Å². The van der Waals surface area contributed by atoms with Gasteiger partial charge in [-0.2, -0.15) is 10.3 Å². The molecule has 0 radical (unpaired) electrons. The van der Waals surface area contributed by atoms with Crippen LogP contribution < -0.4 is 0 Å². The lowest BCUT2D eigenvalue weighted by molar-refractivity contribution is 0.603. The molecule has 35 heavy (non-hydrogen) atoms. The molecule has 2 N–H and O–H groups in total. The summed E-state index contributed by atoms with van der Waals surface area (Å²) in [4.78, 5) is 0. The minimum Gasteiger partial charge on any atom is -0.281 e. The summed E-state index contributed by atoms with van der Waals surface area (Å²) in [6.07, 6.45) is 16.5. The number of nitrogens with one attached hydrogen (secondary N) is 2. The molecule has 6 heteroatoms. The minimum absolute atomic E-state index is 0.247. The van der Waals surface area contributed by atoms with E-state index in [0.29, 0.717) is 18.2 Å². The molecule has 2 unspecified atom stereocenters. The summed E-state index contributed by atoms with van der Waals surface area (Å²) in [6, 6.07) is 8.60. The van der Waals surface area contributed by atoms with Gasteiger partial charge in [0, 0.05) is 22.6 Å². The number of nitrogens with zero attached hydrogens (tertiary/aromatic N) is 4. The van der Waals surface area contributed by atoms with Crippen molar-refractivity contribution in [2.45, 2.75) is 33.6 Å².